The van der Waals surface area contributed by atoms with Crippen LogP contribution in [0.4, 0.5) is 11.4 Å². The number of anilines is 2. The molecule has 1 saturated heterocycles. The van der Waals surface area contributed by atoms with E-state index in [1.54, 1.807) is 0 Å². The second-order valence-corrected chi connectivity index (χ2v) is 5.73. The Bertz CT molecular complexity index is 475. The van der Waals surface area contributed by atoms with Gasteiger partial charge in [-0.2, -0.15) is 0 Å². The summed E-state index contributed by atoms with van der Waals surface area (Å²) >= 11 is 0. The number of ether oxygens (including phenoxy) is 2. The number of fused-ring (bicyclic) bond motifs is 1. The van der Waals surface area contributed by atoms with E-state index in [4.69, 9.17) is 15.2 Å². The molecule has 2 aliphatic heterocycles. The third kappa shape index (κ3) is 2.31. The van der Waals surface area contributed by atoms with Crippen LogP contribution in [-0.2, 0) is 0 Å². The summed E-state index contributed by atoms with van der Waals surface area (Å²) in [6.45, 7) is 6.87. The van der Waals surface area contributed by atoms with Crippen LogP contribution < -0.4 is 20.1 Å². The van der Waals surface area contributed by atoms with Crippen LogP contribution in [0, 0.1) is 5.92 Å². The highest BCUT2D eigenvalue weighted by Gasteiger charge is 2.26. The van der Waals surface area contributed by atoms with E-state index in [2.05, 4.69) is 18.7 Å². The highest BCUT2D eigenvalue weighted by atomic mass is 16.6. The topological polar surface area (TPSA) is 47.7 Å². The van der Waals surface area contributed by atoms with Gasteiger partial charge in [0.05, 0.1) is 11.4 Å². The lowest BCUT2D eigenvalue weighted by Crippen LogP contribution is -2.40. The zero-order valence-electron chi connectivity index (χ0n) is 11.7. The molecule has 2 heterocycles. The summed E-state index contributed by atoms with van der Waals surface area (Å²) < 4.78 is 11.2. The van der Waals surface area contributed by atoms with Gasteiger partial charge in [-0.05, 0) is 25.7 Å². The van der Waals surface area contributed by atoms with Crippen molar-refractivity contribution in [1.82, 2.24) is 0 Å². The van der Waals surface area contributed by atoms with Crippen molar-refractivity contribution in [3.63, 3.8) is 0 Å². The van der Waals surface area contributed by atoms with Gasteiger partial charge in [-0.1, -0.05) is 6.92 Å². The summed E-state index contributed by atoms with van der Waals surface area (Å²) in [5.41, 5.74) is 8.06. The second-order valence-electron chi connectivity index (χ2n) is 5.73. The van der Waals surface area contributed by atoms with Gasteiger partial charge in [0, 0.05) is 24.7 Å². The molecule has 0 aromatic heterocycles. The predicted octanol–water partition coefficient (Wildman–Crippen LogP) is 2.66. The molecule has 19 heavy (non-hydrogen) atoms. The zero-order valence-corrected chi connectivity index (χ0v) is 11.7. The average molecular weight is 262 g/mol. The highest BCUT2D eigenvalue weighted by Crippen LogP contribution is 2.40. The fraction of sp³-hybridized carbons (Fsp3) is 0.600. The fourth-order valence-electron chi connectivity index (χ4n) is 3.11. The van der Waals surface area contributed by atoms with Crippen LogP contribution >= 0.6 is 0 Å². The summed E-state index contributed by atoms with van der Waals surface area (Å²) in [5, 5.41) is 0. The van der Waals surface area contributed by atoms with Gasteiger partial charge in [0.15, 0.2) is 11.5 Å². The molecule has 2 unspecified atom stereocenters. The Morgan fingerprint density at radius 2 is 1.84 bits per heavy atom. The van der Waals surface area contributed by atoms with Crippen molar-refractivity contribution in [3.05, 3.63) is 12.1 Å². The highest BCUT2D eigenvalue weighted by molar-refractivity contribution is 5.73. The number of hydrogen-bond acceptors (Lipinski definition) is 4. The monoisotopic (exact) mass is 262 g/mol. The minimum Gasteiger partial charge on any atom is -0.486 e. The molecule has 104 valence electrons. The molecule has 4 heteroatoms. The number of nitrogens with two attached hydrogens (primary N) is 1. The van der Waals surface area contributed by atoms with Gasteiger partial charge in [-0.15, -0.1) is 0 Å². The summed E-state index contributed by atoms with van der Waals surface area (Å²) in [4.78, 5) is 2.40. The van der Waals surface area contributed by atoms with Crippen molar-refractivity contribution >= 4 is 11.4 Å². The number of hydrogen-bond donors (Lipinski definition) is 1. The van der Waals surface area contributed by atoms with E-state index < -0.39 is 0 Å². The van der Waals surface area contributed by atoms with Crippen molar-refractivity contribution in [3.8, 4) is 11.5 Å². The molecule has 2 atom stereocenters. The average Bonchev–Trinajstić information content (AvgIpc) is 2.38. The quantitative estimate of drug-likeness (QED) is 0.790. The maximum atomic E-state index is 6.20. The lowest BCUT2D eigenvalue weighted by molar-refractivity contribution is 0.171. The third-order valence-corrected chi connectivity index (χ3v) is 4.14. The van der Waals surface area contributed by atoms with Crippen LogP contribution in [0.5, 0.6) is 11.5 Å². The van der Waals surface area contributed by atoms with E-state index in [9.17, 15) is 0 Å². The van der Waals surface area contributed by atoms with Gasteiger partial charge in [-0.25, -0.2) is 0 Å². The molecule has 0 saturated carbocycles. The van der Waals surface area contributed by atoms with Crippen molar-refractivity contribution in [2.75, 3.05) is 30.4 Å². The summed E-state index contributed by atoms with van der Waals surface area (Å²) in [6, 6.07) is 4.46. The van der Waals surface area contributed by atoms with E-state index >= 15 is 0 Å². The Kier molecular flexibility index (Phi) is 3.17. The standard InChI is InChI=1S/C15H22N2O2/c1-10-3-4-17(11(2)7-10)13-9-15-14(8-12(13)16)18-5-6-19-15/h8-11H,3-7,16H2,1-2H3. The summed E-state index contributed by atoms with van der Waals surface area (Å²) in [5.74, 6) is 2.39. The van der Waals surface area contributed by atoms with E-state index in [0.717, 1.165) is 35.3 Å². The maximum Gasteiger partial charge on any atom is 0.163 e. The molecule has 2 N–H and O–H groups in total. The Labute approximate surface area is 114 Å². The lowest BCUT2D eigenvalue weighted by Gasteiger charge is -2.39. The normalized spacial score (nSPS) is 26.3. The molecular formula is C15H22N2O2. The summed E-state index contributed by atoms with van der Waals surface area (Å²) in [7, 11) is 0. The van der Waals surface area contributed by atoms with Gasteiger partial charge >= 0.3 is 0 Å². The first-order valence-electron chi connectivity index (χ1n) is 7.11. The maximum absolute atomic E-state index is 6.20. The van der Waals surface area contributed by atoms with Gasteiger partial charge in [0.2, 0.25) is 0 Å². The van der Waals surface area contributed by atoms with Crippen molar-refractivity contribution < 1.29 is 9.47 Å². The number of nitrogens with zero attached hydrogens (tertiary/aromatic N) is 1. The van der Waals surface area contributed by atoms with E-state index in [1.165, 1.54) is 12.8 Å². The second kappa shape index (κ2) is 4.83. The fourth-order valence-corrected chi connectivity index (χ4v) is 3.11. The predicted molar refractivity (Wildman–Crippen MR) is 77.1 cm³/mol. The minimum atomic E-state index is 0.522. The number of rotatable bonds is 1. The van der Waals surface area contributed by atoms with Crippen LogP contribution in [0.1, 0.15) is 26.7 Å². The first-order chi connectivity index (χ1) is 9.15. The molecule has 0 radical (unpaired) electrons. The van der Waals surface area contributed by atoms with Crippen LogP contribution in [-0.4, -0.2) is 25.8 Å². The lowest BCUT2D eigenvalue weighted by atomic mass is 9.92. The van der Waals surface area contributed by atoms with E-state index in [-0.39, 0.29) is 0 Å². The first kappa shape index (κ1) is 12.5. The Morgan fingerprint density at radius 3 is 2.53 bits per heavy atom. The third-order valence-electron chi connectivity index (χ3n) is 4.14. The van der Waals surface area contributed by atoms with E-state index in [0.29, 0.717) is 19.3 Å². The van der Waals surface area contributed by atoms with Crippen LogP contribution in [0.3, 0.4) is 0 Å². The molecule has 0 amide bonds. The molecule has 2 aliphatic rings. The van der Waals surface area contributed by atoms with Crippen LogP contribution in [0.25, 0.3) is 0 Å². The van der Waals surface area contributed by atoms with Gasteiger partial charge in [-0.3, -0.25) is 0 Å². The van der Waals surface area contributed by atoms with Crippen molar-refractivity contribution in [1.29, 1.82) is 0 Å². The SMILES string of the molecule is CC1CCN(c2cc3c(cc2N)OCCO3)C(C)C1. The molecule has 1 aromatic carbocycles. The largest absolute Gasteiger partial charge is 0.486 e. The van der Waals surface area contributed by atoms with Gasteiger partial charge in [0.1, 0.15) is 13.2 Å². The Balaban J connectivity index is 1.91. The van der Waals surface area contributed by atoms with Crippen LogP contribution in [0.2, 0.25) is 0 Å². The number of benzene rings is 1. The molecule has 0 aliphatic carbocycles. The number of piperidine rings is 1. The molecular weight excluding hydrogens is 240 g/mol. The molecule has 1 aromatic rings. The molecule has 0 bridgehead atoms. The van der Waals surface area contributed by atoms with Crippen molar-refractivity contribution in [2.24, 2.45) is 5.92 Å². The number of nitrogen functional groups attached to an aromatic ring is 1. The molecule has 3 rings (SSSR count). The molecule has 1 fully saturated rings. The summed E-state index contributed by atoms with van der Waals surface area (Å²) in [6.07, 6.45) is 2.44. The molecule has 4 nitrogen and oxygen atoms in total. The smallest absolute Gasteiger partial charge is 0.163 e. The zero-order chi connectivity index (χ0) is 13.4. The molecule has 0 spiro atoms. The van der Waals surface area contributed by atoms with Gasteiger partial charge in [0.25, 0.3) is 0 Å². The van der Waals surface area contributed by atoms with E-state index in [1.807, 2.05) is 12.1 Å². The van der Waals surface area contributed by atoms with Crippen molar-refractivity contribution in [2.45, 2.75) is 32.7 Å². The Hall–Kier alpha value is -1.58. The Morgan fingerprint density at radius 1 is 1.16 bits per heavy atom. The first-order valence-corrected chi connectivity index (χ1v) is 7.11. The minimum absolute atomic E-state index is 0.522. The van der Waals surface area contributed by atoms with Crippen LogP contribution in [0.15, 0.2) is 12.1 Å². The van der Waals surface area contributed by atoms with Gasteiger partial charge < -0.3 is 20.1 Å².